The first-order valence-electron chi connectivity index (χ1n) is 9.53. The number of phenolic OH excluding ortho intramolecular Hbond substituents is 2. The van der Waals surface area contributed by atoms with Crippen molar-refractivity contribution in [3.05, 3.63) is 23.3 Å². The summed E-state index contributed by atoms with van der Waals surface area (Å²) in [6, 6.07) is 3.40. The maximum absolute atomic E-state index is 10.4. The molecule has 1 aliphatic heterocycles. The standard InChI is InChI=1S/C20H27NO3.ClH/c21-9-18-14-1-2-16(22)20(23)15(14)8-17(24-18)19-12-4-10-3-11(6-12)7-13(19)5-10;/h1-2,10-13,17-19,22-23H,3-9,21H2;1H. The lowest BCUT2D eigenvalue weighted by Gasteiger charge is -2.57. The van der Waals surface area contributed by atoms with Crippen molar-refractivity contribution in [2.24, 2.45) is 35.3 Å². The van der Waals surface area contributed by atoms with E-state index in [1.807, 2.05) is 6.07 Å². The summed E-state index contributed by atoms with van der Waals surface area (Å²) in [4.78, 5) is 0. The fraction of sp³-hybridized carbons (Fsp3) is 0.700. The van der Waals surface area contributed by atoms with Gasteiger partial charge in [0.1, 0.15) is 0 Å². The van der Waals surface area contributed by atoms with E-state index in [1.54, 1.807) is 6.07 Å². The molecule has 0 aromatic heterocycles. The molecule has 4 saturated carbocycles. The highest BCUT2D eigenvalue weighted by Gasteiger charge is 2.52. The van der Waals surface area contributed by atoms with Crippen molar-refractivity contribution >= 4 is 12.4 Å². The van der Waals surface area contributed by atoms with Crippen molar-refractivity contribution in [3.63, 3.8) is 0 Å². The van der Waals surface area contributed by atoms with Gasteiger partial charge in [-0.15, -0.1) is 12.4 Å². The minimum absolute atomic E-state index is 0. The van der Waals surface area contributed by atoms with Gasteiger partial charge in [-0.2, -0.15) is 0 Å². The predicted molar refractivity (Wildman–Crippen MR) is 97.9 cm³/mol. The molecule has 138 valence electrons. The number of aromatic hydroxyl groups is 2. The molecule has 5 heteroatoms. The topological polar surface area (TPSA) is 75.7 Å². The molecule has 0 radical (unpaired) electrons. The summed E-state index contributed by atoms with van der Waals surface area (Å²) < 4.78 is 6.47. The van der Waals surface area contributed by atoms with E-state index in [0.29, 0.717) is 18.9 Å². The smallest absolute Gasteiger partial charge is 0.161 e. The minimum Gasteiger partial charge on any atom is -0.504 e. The Labute approximate surface area is 155 Å². The number of halogens is 1. The molecule has 1 aromatic carbocycles. The molecule has 4 nitrogen and oxygen atoms in total. The molecule has 1 heterocycles. The summed E-state index contributed by atoms with van der Waals surface area (Å²) in [6.07, 6.45) is 7.59. The predicted octanol–water partition coefficient (Wildman–Crippen LogP) is 3.53. The normalized spacial score (nSPS) is 41.2. The Bertz CT molecular complexity index is 637. The zero-order valence-electron chi connectivity index (χ0n) is 14.4. The summed E-state index contributed by atoms with van der Waals surface area (Å²) in [5.41, 5.74) is 7.78. The van der Waals surface area contributed by atoms with Crippen molar-refractivity contribution in [2.75, 3.05) is 6.54 Å². The second-order valence-electron chi connectivity index (χ2n) is 8.61. The average molecular weight is 366 g/mol. The lowest BCUT2D eigenvalue weighted by Crippen LogP contribution is -2.51. The number of rotatable bonds is 2. The van der Waals surface area contributed by atoms with Gasteiger partial charge in [-0.05, 0) is 73.3 Å². The van der Waals surface area contributed by atoms with Crippen molar-refractivity contribution < 1.29 is 14.9 Å². The molecule has 4 bridgehead atoms. The van der Waals surface area contributed by atoms with E-state index in [4.69, 9.17) is 10.5 Å². The Morgan fingerprint density at radius 3 is 2.24 bits per heavy atom. The lowest BCUT2D eigenvalue weighted by molar-refractivity contribution is -0.135. The van der Waals surface area contributed by atoms with Gasteiger partial charge in [0.2, 0.25) is 0 Å². The van der Waals surface area contributed by atoms with Crippen LogP contribution in [0.25, 0.3) is 0 Å². The van der Waals surface area contributed by atoms with Crippen LogP contribution in [0.15, 0.2) is 12.1 Å². The van der Waals surface area contributed by atoms with Crippen LogP contribution in [0.2, 0.25) is 0 Å². The van der Waals surface area contributed by atoms with Crippen LogP contribution < -0.4 is 5.73 Å². The van der Waals surface area contributed by atoms with Gasteiger partial charge in [-0.25, -0.2) is 0 Å². The van der Waals surface area contributed by atoms with Crippen LogP contribution in [0.4, 0.5) is 0 Å². The maximum atomic E-state index is 10.4. The molecule has 6 rings (SSSR count). The van der Waals surface area contributed by atoms with Gasteiger partial charge in [0.05, 0.1) is 12.2 Å². The number of ether oxygens (including phenoxy) is 1. The van der Waals surface area contributed by atoms with E-state index in [0.717, 1.165) is 34.8 Å². The molecular weight excluding hydrogens is 338 g/mol. The van der Waals surface area contributed by atoms with E-state index in [2.05, 4.69) is 0 Å². The number of nitrogens with two attached hydrogens (primary N) is 1. The summed E-state index contributed by atoms with van der Waals surface area (Å²) >= 11 is 0. The van der Waals surface area contributed by atoms with Gasteiger partial charge in [0.25, 0.3) is 0 Å². The zero-order chi connectivity index (χ0) is 16.4. The SMILES string of the molecule is Cl.NCC1OC(C2C3CC4CC(C3)CC2C4)Cc2c1ccc(O)c2O. The molecule has 25 heavy (non-hydrogen) atoms. The Morgan fingerprint density at radius 1 is 1.00 bits per heavy atom. The van der Waals surface area contributed by atoms with E-state index in [-0.39, 0.29) is 36.1 Å². The van der Waals surface area contributed by atoms with Crippen molar-refractivity contribution in [3.8, 4) is 11.5 Å². The third-order valence-corrected chi connectivity index (χ3v) is 7.33. The molecule has 0 amide bonds. The molecule has 2 atom stereocenters. The number of hydrogen-bond acceptors (Lipinski definition) is 4. The summed E-state index contributed by atoms with van der Waals surface area (Å²) in [7, 11) is 0. The Hall–Kier alpha value is -0.970. The van der Waals surface area contributed by atoms with Crippen molar-refractivity contribution in [1.82, 2.24) is 0 Å². The quantitative estimate of drug-likeness (QED) is 0.701. The summed E-state index contributed by atoms with van der Waals surface area (Å²) in [5, 5.41) is 20.3. The monoisotopic (exact) mass is 365 g/mol. The number of benzene rings is 1. The highest BCUT2D eigenvalue weighted by atomic mass is 35.5. The van der Waals surface area contributed by atoms with Crippen LogP contribution in [0.1, 0.15) is 49.3 Å². The largest absolute Gasteiger partial charge is 0.504 e. The van der Waals surface area contributed by atoms with Gasteiger partial charge in [-0.1, -0.05) is 6.07 Å². The second-order valence-corrected chi connectivity index (χ2v) is 8.61. The van der Waals surface area contributed by atoms with Gasteiger partial charge < -0.3 is 20.7 Å². The fourth-order valence-electron chi connectivity index (χ4n) is 6.67. The first-order valence-corrected chi connectivity index (χ1v) is 9.53. The third-order valence-electron chi connectivity index (χ3n) is 7.33. The molecule has 0 spiro atoms. The first kappa shape index (κ1) is 17.4. The average Bonchev–Trinajstić information content (AvgIpc) is 2.57. The number of hydrogen-bond donors (Lipinski definition) is 3. The van der Waals surface area contributed by atoms with Crippen LogP contribution in [-0.2, 0) is 11.2 Å². The summed E-state index contributed by atoms with van der Waals surface area (Å²) in [6.45, 7) is 0.418. The van der Waals surface area contributed by atoms with Crippen LogP contribution in [0.5, 0.6) is 11.5 Å². The number of fused-ring (bicyclic) bond motifs is 1. The molecule has 0 saturated heterocycles. The zero-order valence-corrected chi connectivity index (χ0v) is 15.3. The van der Waals surface area contributed by atoms with Crippen molar-refractivity contribution in [1.29, 1.82) is 0 Å². The van der Waals surface area contributed by atoms with E-state index in [1.165, 1.54) is 32.1 Å². The fourth-order valence-corrected chi connectivity index (χ4v) is 6.67. The third kappa shape index (κ3) is 2.65. The van der Waals surface area contributed by atoms with Crippen LogP contribution >= 0.6 is 12.4 Å². The molecule has 5 aliphatic rings. The van der Waals surface area contributed by atoms with Crippen LogP contribution in [-0.4, -0.2) is 22.9 Å². The molecule has 1 aromatic rings. The molecule has 4 fully saturated rings. The van der Waals surface area contributed by atoms with Gasteiger partial charge in [-0.3, -0.25) is 0 Å². The van der Waals surface area contributed by atoms with Gasteiger partial charge >= 0.3 is 0 Å². The van der Waals surface area contributed by atoms with Crippen molar-refractivity contribution in [2.45, 2.75) is 50.7 Å². The van der Waals surface area contributed by atoms with E-state index < -0.39 is 0 Å². The Balaban J connectivity index is 0.00000157. The summed E-state index contributed by atoms with van der Waals surface area (Å²) in [5.74, 6) is 4.06. The number of phenols is 2. The molecular formula is C20H28ClNO3. The van der Waals surface area contributed by atoms with Crippen LogP contribution in [0.3, 0.4) is 0 Å². The second kappa shape index (κ2) is 6.33. The molecule has 2 unspecified atom stereocenters. The maximum Gasteiger partial charge on any atom is 0.161 e. The minimum atomic E-state index is -0.164. The molecule has 4 N–H and O–H groups in total. The highest BCUT2D eigenvalue weighted by Crippen LogP contribution is 2.59. The van der Waals surface area contributed by atoms with E-state index >= 15 is 0 Å². The lowest BCUT2D eigenvalue weighted by atomic mass is 9.50. The highest BCUT2D eigenvalue weighted by molar-refractivity contribution is 5.85. The van der Waals surface area contributed by atoms with Crippen LogP contribution in [0, 0.1) is 29.6 Å². The van der Waals surface area contributed by atoms with E-state index in [9.17, 15) is 10.2 Å². The Kier molecular flexibility index (Phi) is 4.41. The Morgan fingerprint density at radius 2 is 1.64 bits per heavy atom. The van der Waals surface area contributed by atoms with Gasteiger partial charge in [0.15, 0.2) is 11.5 Å². The molecule has 4 aliphatic carbocycles. The first-order chi connectivity index (χ1) is 11.6. The van der Waals surface area contributed by atoms with Gasteiger partial charge in [0, 0.05) is 18.5 Å².